The van der Waals surface area contributed by atoms with Gasteiger partial charge in [-0.15, -0.1) is 0 Å². The molecule has 0 amide bonds. The molecule has 0 saturated carbocycles. The molecule has 2 aromatic heterocycles. The van der Waals surface area contributed by atoms with Crippen LogP contribution in [0.15, 0.2) is 24.4 Å². The van der Waals surface area contributed by atoms with Crippen LogP contribution < -0.4 is 4.74 Å². The topological polar surface area (TPSA) is 64.0 Å². The molecule has 0 spiro atoms. The van der Waals surface area contributed by atoms with Crippen molar-refractivity contribution in [3.63, 3.8) is 0 Å². The Labute approximate surface area is 183 Å². The molecule has 0 saturated heterocycles. The minimum absolute atomic E-state index is 0.0602. The minimum atomic E-state index is -0.0602. The molecule has 3 rings (SSSR count). The van der Waals surface area contributed by atoms with Gasteiger partial charge in [-0.25, -0.2) is 9.97 Å². The van der Waals surface area contributed by atoms with Gasteiger partial charge >= 0.3 is 0 Å². The van der Waals surface area contributed by atoms with E-state index in [-0.39, 0.29) is 5.41 Å². The van der Waals surface area contributed by atoms with E-state index in [1.807, 2.05) is 6.07 Å². The highest BCUT2D eigenvalue weighted by molar-refractivity contribution is 7.07. The SMILES string of the molecule is CCN(C)CCc1cc(C)c(Oc2nc(-c3nccc(C(C)(C)C)n3)ns2)cc1C. The number of hydrogen-bond donors (Lipinski definition) is 0. The number of benzene rings is 1. The van der Waals surface area contributed by atoms with Crippen molar-refractivity contribution in [2.75, 3.05) is 20.1 Å². The molecule has 0 aliphatic heterocycles. The summed E-state index contributed by atoms with van der Waals surface area (Å²) in [6.07, 6.45) is 2.79. The number of rotatable bonds is 7. The zero-order valence-electron chi connectivity index (χ0n) is 19.0. The Morgan fingerprint density at radius 3 is 2.53 bits per heavy atom. The molecule has 1 aromatic carbocycles. The van der Waals surface area contributed by atoms with Crippen LogP contribution in [0.4, 0.5) is 0 Å². The summed E-state index contributed by atoms with van der Waals surface area (Å²) in [5.41, 5.74) is 4.57. The summed E-state index contributed by atoms with van der Waals surface area (Å²) in [5, 5.41) is 0.496. The molecule has 160 valence electrons. The average Bonchev–Trinajstić information content (AvgIpc) is 3.17. The number of aromatic nitrogens is 4. The molecule has 0 aliphatic carbocycles. The molecule has 30 heavy (non-hydrogen) atoms. The quantitative estimate of drug-likeness (QED) is 0.519. The van der Waals surface area contributed by atoms with E-state index in [0.717, 1.165) is 36.5 Å². The summed E-state index contributed by atoms with van der Waals surface area (Å²) in [6, 6.07) is 6.24. The Morgan fingerprint density at radius 2 is 1.83 bits per heavy atom. The molecule has 0 N–H and O–H groups in total. The van der Waals surface area contributed by atoms with Crippen molar-refractivity contribution in [3.8, 4) is 22.6 Å². The van der Waals surface area contributed by atoms with Gasteiger partial charge in [-0.1, -0.05) is 33.8 Å². The van der Waals surface area contributed by atoms with Gasteiger partial charge in [0.2, 0.25) is 5.82 Å². The van der Waals surface area contributed by atoms with Crippen LogP contribution in [0.2, 0.25) is 0 Å². The fourth-order valence-corrected chi connectivity index (χ4v) is 3.56. The number of ether oxygens (including phenoxy) is 1. The van der Waals surface area contributed by atoms with E-state index in [2.05, 4.69) is 84.9 Å². The number of nitrogens with zero attached hydrogens (tertiary/aromatic N) is 5. The molecular formula is C23H31N5OS. The second kappa shape index (κ2) is 9.18. The van der Waals surface area contributed by atoms with Crippen molar-refractivity contribution in [3.05, 3.63) is 46.8 Å². The standard InChI is InChI=1S/C23H31N5OS/c1-8-28(7)12-10-17-13-16(3)18(14-15(17)2)29-22-26-21(27-30-22)20-24-11-9-19(25-20)23(4,5)6/h9,11,13-14H,8,10,12H2,1-7H3. The average molecular weight is 426 g/mol. The zero-order chi connectivity index (χ0) is 21.9. The lowest BCUT2D eigenvalue weighted by molar-refractivity contribution is 0.357. The lowest BCUT2D eigenvalue weighted by Crippen LogP contribution is -2.20. The van der Waals surface area contributed by atoms with Crippen molar-refractivity contribution >= 4 is 11.5 Å². The highest BCUT2D eigenvalue weighted by Gasteiger charge is 2.19. The predicted octanol–water partition coefficient (Wildman–Crippen LogP) is 5.20. The number of aryl methyl sites for hydroxylation is 2. The summed E-state index contributed by atoms with van der Waals surface area (Å²) >= 11 is 1.22. The molecule has 3 aromatic rings. The van der Waals surface area contributed by atoms with Crippen molar-refractivity contribution in [2.24, 2.45) is 0 Å². The monoisotopic (exact) mass is 425 g/mol. The van der Waals surface area contributed by atoms with Gasteiger partial charge in [0.05, 0.1) is 0 Å². The fraction of sp³-hybridized carbons (Fsp3) is 0.478. The summed E-state index contributed by atoms with van der Waals surface area (Å²) in [6.45, 7) is 14.8. The maximum Gasteiger partial charge on any atom is 0.299 e. The van der Waals surface area contributed by atoms with E-state index in [1.165, 1.54) is 22.7 Å². The van der Waals surface area contributed by atoms with Crippen molar-refractivity contribution < 1.29 is 4.74 Å². The second-order valence-electron chi connectivity index (χ2n) is 8.69. The van der Waals surface area contributed by atoms with Crippen LogP contribution in [-0.2, 0) is 11.8 Å². The van der Waals surface area contributed by atoms with E-state index < -0.39 is 0 Å². The second-order valence-corrected chi connectivity index (χ2v) is 9.41. The molecule has 2 heterocycles. The Kier molecular flexibility index (Phi) is 6.83. The highest BCUT2D eigenvalue weighted by Crippen LogP contribution is 2.31. The minimum Gasteiger partial charge on any atom is -0.430 e. The van der Waals surface area contributed by atoms with E-state index in [1.54, 1.807) is 6.20 Å². The maximum atomic E-state index is 6.07. The third-order valence-corrected chi connectivity index (χ3v) is 5.76. The first-order valence-electron chi connectivity index (χ1n) is 10.3. The molecule has 7 heteroatoms. The predicted molar refractivity (Wildman–Crippen MR) is 123 cm³/mol. The van der Waals surface area contributed by atoms with E-state index in [4.69, 9.17) is 4.74 Å². The molecule has 0 bridgehead atoms. The molecular weight excluding hydrogens is 394 g/mol. The van der Waals surface area contributed by atoms with Crippen molar-refractivity contribution in [2.45, 2.75) is 53.4 Å². The maximum absolute atomic E-state index is 6.07. The van der Waals surface area contributed by atoms with Gasteiger partial charge in [0.15, 0.2) is 5.82 Å². The van der Waals surface area contributed by atoms with Gasteiger partial charge in [0.25, 0.3) is 5.19 Å². The van der Waals surface area contributed by atoms with Crippen LogP contribution in [0.25, 0.3) is 11.6 Å². The Balaban J connectivity index is 1.77. The van der Waals surface area contributed by atoms with Gasteiger partial charge in [-0.3, -0.25) is 0 Å². The lowest BCUT2D eigenvalue weighted by Gasteiger charge is -2.17. The van der Waals surface area contributed by atoms with E-state index >= 15 is 0 Å². The zero-order valence-corrected chi connectivity index (χ0v) is 19.8. The normalized spacial score (nSPS) is 11.9. The van der Waals surface area contributed by atoms with Crippen LogP contribution in [0.1, 0.15) is 50.1 Å². The third kappa shape index (κ3) is 5.40. The first kappa shape index (κ1) is 22.3. The van der Waals surface area contributed by atoms with Gasteiger partial charge in [0.1, 0.15) is 5.75 Å². The summed E-state index contributed by atoms with van der Waals surface area (Å²) in [7, 11) is 2.15. The van der Waals surface area contributed by atoms with Crippen LogP contribution in [0.3, 0.4) is 0 Å². The van der Waals surface area contributed by atoms with Gasteiger partial charge in [0, 0.05) is 35.4 Å². The Morgan fingerprint density at radius 1 is 1.07 bits per heavy atom. The molecule has 0 atom stereocenters. The largest absolute Gasteiger partial charge is 0.430 e. The van der Waals surface area contributed by atoms with E-state index in [0.29, 0.717) is 16.8 Å². The van der Waals surface area contributed by atoms with Gasteiger partial charge in [-0.05, 0) is 62.7 Å². The fourth-order valence-electron chi connectivity index (χ4n) is 3.02. The van der Waals surface area contributed by atoms with Gasteiger partial charge < -0.3 is 9.64 Å². The first-order valence-corrected chi connectivity index (χ1v) is 11.1. The first-order chi connectivity index (χ1) is 14.2. The summed E-state index contributed by atoms with van der Waals surface area (Å²) in [4.78, 5) is 15.8. The van der Waals surface area contributed by atoms with Crippen LogP contribution in [0, 0.1) is 13.8 Å². The Bertz CT molecular complexity index is 1010. The van der Waals surface area contributed by atoms with Crippen LogP contribution >= 0.6 is 11.5 Å². The number of hydrogen-bond acceptors (Lipinski definition) is 7. The highest BCUT2D eigenvalue weighted by atomic mass is 32.1. The van der Waals surface area contributed by atoms with Crippen molar-refractivity contribution in [1.29, 1.82) is 0 Å². The summed E-state index contributed by atoms with van der Waals surface area (Å²) < 4.78 is 10.5. The van der Waals surface area contributed by atoms with Crippen LogP contribution in [-0.4, -0.2) is 44.4 Å². The summed E-state index contributed by atoms with van der Waals surface area (Å²) in [5.74, 6) is 1.83. The smallest absolute Gasteiger partial charge is 0.299 e. The van der Waals surface area contributed by atoms with Crippen LogP contribution in [0.5, 0.6) is 10.9 Å². The van der Waals surface area contributed by atoms with Crippen molar-refractivity contribution in [1.82, 2.24) is 24.2 Å². The number of likely N-dealkylation sites (N-methyl/N-ethyl adjacent to an activating group) is 1. The lowest BCUT2D eigenvalue weighted by atomic mass is 9.92. The molecule has 0 unspecified atom stereocenters. The molecule has 0 radical (unpaired) electrons. The Hall–Kier alpha value is -2.38. The third-order valence-electron chi connectivity index (χ3n) is 5.16. The van der Waals surface area contributed by atoms with Gasteiger partial charge in [-0.2, -0.15) is 9.36 Å². The molecule has 0 fully saturated rings. The molecule has 6 nitrogen and oxygen atoms in total. The molecule has 0 aliphatic rings. The van der Waals surface area contributed by atoms with E-state index in [9.17, 15) is 0 Å².